The SMILES string of the molecule is O=C1O[C@@H](CO)[C@H]2[C@@H]1[C@@H]2C(=O)c1cccs1. The Morgan fingerprint density at radius 2 is 2.38 bits per heavy atom. The lowest BCUT2D eigenvalue weighted by Crippen LogP contribution is -2.23. The van der Waals surface area contributed by atoms with Crippen LogP contribution in [0.1, 0.15) is 9.67 Å². The number of hydrogen-bond donors (Lipinski definition) is 1. The Hall–Kier alpha value is -1.20. The molecule has 1 N–H and O–H groups in total. The maximum Gasteiger partial charge on any atom is 0.310 e. The number of aliphatic hydroxyl groups excluding tert-OH is 1. The Balaban J connectivity index is 1.80. The van der Waals surface area contributed by atoms with Gasteiger partial charge in [0.15, 0.2) is 5.78 Å². The lowest BCUT2D eigenvalue weighted by molar-refractivity contribution is -0.147. The molecule has 1 aromatic heterocycles. The van der Waals surface area contributed by atoms with E-state index in [0.717, 1.165) is 0 Å². The quantitative estimate of drug-likeness (QED) is 0.622. The molecule has 1 saturated carbocycles. The molecule has 1 saturated heterocycles. The van der Waals surface area contributed by atoms with Crippen LogP contribution in [0.2, 0.25) is 0 Å². The van der Waals surface area contributed by atoms with Gasteiger partial charge in [0.1, 0.15) is 6.10 Å². The lowest BCUT2D eigenvalue weighted by atomic mass is 10.1. The van der Waals surface area contributed by atoms with Crippen molar-refractivity contribution in [3.05, 3.63) is 22.4 Å². The minimum atomic E-state index is -0.480. The molecule has 3 rings (SSSR count). The van der Waals surface area contributed by atoms with Gasteiger partial charge in [0, 0.05) is 11.8 Å². The fourth-order valence-corrected chi connectivity index (χ4v) is 3.20. The van der Waals surface area contributed by atoms with E-state index in [9.17, 15) is 9.59 Å². The van der Waals surface area contributed by atoms with Crippen LogP contribution in [-0.2, 0) is 9.53 Å². The first-order chi connectivity index (χ1) is 7.74. The van der Waals surface area contributed by atoms with Crippen LogP contribution in [0.3, 0.4) is 0 Å². The van der Waals surface area contributed by atoms with Crippen molar-refractivity contribution in [1.82, 2.24) is 0 Å². The third-order valence-electron chi connectivity index (χ3n) is 3.29. The van der Waals surface area contributed by atoms with Crippen LogP contribution in [-0.4, -0.2) is 29.6 Å². The van der Waals surface area contributed by atoms with Crippen LogP contribution in [0.25, 0.3) is 0 Å². The van der Waals surface area contributed by atoms with E-state index in [1.54, 1.807) is 6.07 Å². The van der Waals surface area contributed by atoms with Gasteiger partial charge < -0.3 is 9.84 Å². The summed E-state index contributed by atoms with van der Waals surface area (Å²) in [6, 6.07) is 3.58. The van der Waals surface area contributed by atoms with Gasteiger partial charge in [0.25, 0.3) is 0 Å². The molecule has 0 bridgehead atoms. The highest BCUT2D eigenvalue weighted by Crippen LogP contribution is 2.56. The van der Waals surface area contributed by atoms with Crippen molar-refractivity contribution in [2.75, 3.05) is 6.61 Å². The smallest absolute Gasteiger partial charge is 0.310 e. The Morgan fingerprint density at radius 3 is 3.00 bits per heavy atom. The zero-order chi connectivity index (χ0) is 11.3. The van der Waals surface area contributed by atoms with Crippen LogP contribution in [0, 0.1) is 17.8 Å². The van der Waals surface area contributed by atoms with E-state index in [4.69, 9.17) is 9.84 Å². The number of cyclic esters (lactones) is 1. The molecule has 4 nitrogen and oxygen atoms in total. The molecule has 0 aromatic carbocycles. The van der Waals surface area contributed by atoms with E-state index < -0.39 is 6.10 Å². The summed E-state index contributed by atoms with van der Waals surface area (Å²) in [6.45, 7) is -0.193. The molecule has 1 aliphatic heterocycles. The highest BCUT2D eigenvalue weighted by molar-refractivity contribution is 7.12. The molecule has 5 heteroatoms. The first-order valence-electron chi connectivity index (χ1n) is 5.13. The molecule has 1 aliphatic carbocycles. The molecule has 0 unspecified atom stereocenters. The number of aliphatic hydroxyl groups is 1. The molecule has 2 aliphatic rings. The molecule has 0 radical (unpaired) electrons. The zero-order valence-corrected chi connectivity index (χ0v) is 9.15. The Kier molecular flexibility index (Phi) is 2.12. The van der Waals surface area contributed by atoms with E-state index in [0.29, 0.717) is 4.88 Å². The zero-order valence-electron chi connectivity index (χ0n) is 8.33. The number of thiophene rings is 1. The van der Waals surface area contributed by atoms with Gasteiger partial charge in [-0.25, -0.2) is 0 Å². The van der Waals surface area contributed by atoms with Crippen molar-refractivity contribution in [3.8, 4) is 0 Å². The average molecular weight is 238 g/mol. The van der Waals surface area contributed by atoms with Gasteiger partial charge in [-0.1, -0.05) is 6.07 Å². The van der Waals surface area contributed by atoms with E-state index >= 15 is 0 Å². The molecule has 1 aromatic rings. The first-order valence-corrected chi connectivity index (χ1v) is 6.01. The standard InChI is InChI=1S/C11H10O4S/c12-4-5-7-8(9(7)11(14)15-5)10(13)6-2-1-3-16-6/h1-3,5,7-9,12H,4H2/t5-,7+,8+,9+/m0/s1. The van der Waals surface area contributed by atoms with Gasteiger partial charge in [-0.2, -0.15) is 0 Å². The van der Waals surface area contributed by atoms with Crippen LogP contribution < -0.4 is 0 Å². The predicted octanol–water partition coefficient (Wildman–Crippen LogP) is 0.711. The number of Topliss-reactive ketones (excluding diaryl/α,β-unsaturated/α-hetero) is 1. The number of esters is 1. The van der Waals surface area contributed by atoms with Crippen molar-refractivity contribution >= 4 is 23.1 Å². The highest BCUT2D eigenvalue weighted by Gasteiger charge is 2.68. The van der Waals surface area contributed by atoms with E-state index in [1.807, 2.05) is 11.4 Å². The van der Waals surface area contributed by atoms with E-state index in [-0.39, 0.29) is 36.1 Å². The maximum atomic E-state index is 12.0. The van der Waals surface area contributed by atoms with Crippen LogP contribution in [0.15, 0.2) is 17.5 Å². The summed E-state index contributed by atoms with van der Waals surface area (Å²) in [5.74, 6) is -1.00. The predicted molar refractivity (Wildman–Crippen MR) is 56.1 cm³/mol. The third kappa shape index (κ3) is 1.25. The fourth-order valence-electron chi connectivity index (χ4n) is 2.49. The van der Waals surface area contributed by atoms with Gasteiger partial charge in [-0.05, 0) is 11.4 Å². The Labute approximate surface area is 95.8 Å². The lowest BCUT2D eigenvalue weighted by Gasteiger charge is -2.10. The molecule has 0 amide bonds. The van der Waals surface area contributed by atoms with E-state index in [1.165, 1.54) is 11.3 Å². The van der Waals surface area contributed by atoms with Crippen molar-refractivity contribution in [2.24, 2.45) is 17.8 Å². The second-order valence-electron chi connectivity index (χ2n) is 4.13. The molecule has 84 valence electrons. The number of ether oxygens (including phenoxy) is 1. The number of hydrogen-bond acceptors (Lipinski definition) is 5. The Morgan fingerprint density at radius 1 is 1.56 bits per heavy atom. The molecular weight excluding hydrogens is 228 g/mol. The average Bonchev–Trinajstić information content (AvgIpc) is 2.66. The van der Waals surface area contributed by atoms with Gasteiger partial charge in [-0.3, -0.25) is 9.59 Å². The minimum absolute atomic E-state index is 0.0140. The van der Waals surface area contributed by atoms with Crippen LogP contribution in [0.4, 0.5) is 0 Å². The maximum absolute atomic E-state index is 12.0. The number of ketones is 1. The van der Waals surface area contributed by atoms with Crippen molar-refractivity contribution in [1.29, 1.82) is 0 Å². The monoisotopic (exact) mass is 238 g/mol. The molecular formula is C11H10O4S. The fraction of sp³-hybridized carbons (Fsp3) is 0.455. The molecule has 0 spiro atoms. The summed E-state index contributed by atoms with van der Waals surface area (Å²) in [6.07, 6.45) is -0.480. The van der Waals surface area contributed by atoms with Gasteiger partial charge in [0.05, 0.1) is 17.4 Å². The van der Waals surface area contributed by atoms with Gasteiger partial charge in [-0.15, -0.1) is 11.3 Å². The molecule has 2 fully saturated rings. The van der Waals surface area contributed by atoms with Gasteiger partial charge in [0.2, 0.25) is 0 Å². The third-order valence-corrected chi connectivity index (χ3v) is 4.18. The summed E-state index contributed by atoms with van der Waals surface area (Å²) in [7, 11) is 0. The van der Waals surface area contributed by atoms with Crippen molar-refractivity contribution in [2.45, 2.75) is 6.10 Å². The number of rotatable bonds is 3. The van der Waals surface area contributed by atoms with E-state index in [2.05, 4.69) is 0 Å². The summed E-state index contributed by atoms with van der Waals surface area (Å²) < 4.78 is 4.93. The second kappa shape index (κ2) is 3.40. The number of carbonyl (C=O) groups excluding carboxylic acids is 2. The topological polar surface area (TPSA) is 63.6 Å². The largest absolute Gasteiger partial charge is 0.459 e. The summed E-state index contributed by atoms with van der Waals surface area (Å²) in [5, 5.41) is 10.9. The highest BCUT2D eigenvalue weighted by atomic mass is 32.1. The Bertz CT molecular complexity index is 439. The number of carbonyl (C=O) groups is 2. The number of fused-ring (bicyclic) bond motifs is 1. The minimum Gasteiger partial charge on any atom is -0.459 e. The normalized spacial score (nSPS) is 35.7. The first kappa shape index (κ1) is 9.99. The summed E-state index contributed by atoms with van der Waals surface area (Å²) >= 11 is 1.38. The van der Waals surface area contributed by atoms with Crippen molar-refractivity contribution < 1.29 is 19.4 Å². The van der Waals surface area contributed by atoms with Gasteiger partial charge >= 0.3 is 5.97 Å². The van der Waals surface area contributed by atoms with Crippen molar-refractivity contribution in [3.63, 3.8) is 0 Å². The molecule has 2 heterocycles. The molecule has 16 heavy (non-hydrogen) atoms. The second-order valence-corrected chi connectivity index (χ2v) is 5.08. The van der Waals surface area contributed by atoms with Crippen LogP contribution >= 0.6 is 11.3 Å². The molecule has 4 atom stereocenters. The summed E-state index contributed by atoms with van der Waals surface area (Å²) in [5.41, 5.74) is 0. The van der Waals surface area contributed by atoms with Crippen LogP contribution in [0.5, 0.6) is 0 Å². The summed E-state index contributed by atoms with van der Waals surface area (Å²) in [4.78, 5) is 24.1.